The van der Waals surface area contributed by atoms with Crippen molar-refractivity contribution in [1.29, 1.82) is 0 Å². The standard InChI is InChI=1S/C15H22ClNO/c1-4-15(18)9-6-10-17(3)12(2)13-7-5-8-14(16)11-13/h5,7-8,11-12H,4,6,9-10H2,1-3H3. The second-order valence-electron chi connectivity index (χ2n) is 4.71. The van der Waals surface area contributed by atoms with Crippen LogP contribution in [-0.4, -0.2) is 24.3 Å². The minimum Gasteiger partial charge on any atom is -0.300 e. The molecule has 0 aliphatic rings. The average molecular weight is 268 g/mol. The number of halogens is 1. The van der Waals surface area contributed by atoms with Gasteiger partial charge in [-0.15, -0.1) is 0 Å². The summed E-state index contributed by atoms with van der Waals surface area (Å²) in [5.74, 6) is 0.346. The molecule has 0 saturated heterocycles. The van der Waals surface area contributed by atoms with Crippen LogP contribution in [-0.2, 0) is 4.79 Å². The summed E-state index contributed by atoms with van der Waals surface area (Å²) in [7, 11) is 2.09. The van der Waals surface area contributed by atoms with E-state index in [9.17, 15) is 4.79 Å². The molecule has 0 radical (unpaired) electrons. The minimum absolute atomic E-state index is 0.320. The third-order valence-electron chi connectivity index (χ3n) is 3.35. The Balaban J connectivity index is 2.46. The predicted octanol–water partition coefficient (Wildman–Crippen LogP) is 4.09. The molecule has 0 saturated carbocycles. The van der Waals surface area contributed by atoms with Gasteiger partial charge in [0, 0.05) is 23.9 Å². The van der Waals surface area contributed by atoms with Crippen LogP contribution in [0.15, 0.2) is 24.3 Å². The van der Waals surface area contributed by atoms with Crippen molar-refractivity contribution in [2.45, 2.75) is 39.2 Å². The number of hydrogen-bond donors (Lipinski definition) is 0. The smallest absolute Gasteiger partial charge is 0.132 e. The first kappa shape index (κ1) is 15.2. The Morgan fingerprint density at radius 1 is 1.44 bits per heavy atom. The van der Waals surface area contributed by atoms with Gasteiger partial charge in [-0.3, -0.25) is 9.69 Å². The van der Waals surface area contributed by atoms with Crippen molar-refractivity contribution in [2.75, 3.05) is 13.6 Å². The molecule has 0 aromatic heterocycles. The Hall–Kier alpha value is -0.860. The number of ketones is 1. The van der Waals surface area contributed by atoms with Crippen LogP contribution in [0.3, 0.4) is 0 Å². The van der Waals surface area contributed by atoms with Gasteiger partial charge in [0.2, 0.25) is 0 Å². The lowest BCUT2D eigenvalue weighted by atomic mass is 10.1. The molecule has 1 unspecified atom stereocenters. The highest BCUT2D eigenvalue weighted by atomic mass is 35.5. The van der Waals surface area contributed by atoms with Crippen LogP contribution in [0.4, 0.5) is 0 Å². The van der Waals surface area contributed by atoms with Gasteiger partial charge in [0.05, 0.1) is 0 Å². The molecule has 0 N–H and O–H groups in total. The number of Topliss-reactive ketones (excluding diaryl/α,β-unsaturated/α-hetero) is 1. The van der Waals surface area contributed by atoms with E-state index in [4.69, 9.17) is 11.6 Å². The number of nitrogens with zero attached hydrogens (tertiary/aromatic N) is 1. The highest BCUT2D eigenvalue weighted by molar-refractivity contribution is 6.30. The van der Waals surface area contributed by atoms with E-state index in [1.165, 1.54) is 5.56 Å². The Labute approximate surface area is 115 Å². The summed E-state index contributed by atoms with van der Waals surface area (Å²) in [6.07, 6.45) is 2.25. The topological polar surface area (TPSA) is 20.3 Å². The molecule has 0 spiro atoms. The predicted molar refractivity (Wildman–Crippen MR) is 77.0 cm³/mol. The summed E-state index contributed by atoms with van der Waals surface area (Å²) in [5.41, 5.74) is 1.21. The van der Waals surface area contributed by atoms with Gasteiger partial charge >= 0.3 is 0 Å². The molecule has 0 bridgehead atoms. The van der Waals surface area contributed by atoms with Crippen molar-refractivity contribution < 1.29 is 4.79 Å². The lowest BCUT2D eigenvalue weighted by molar-refractivity contribution is -0.118. The number of benzene rings is 1. The highest BCUT2D eigenvalue weighted by Crippen LogP contribution is 2.22. The minimum atomic E-state index is 0.320. The van der Waals surface area contributed by atoms with Crippen molar-refractivity contribution in [2.24, 2.45) is 0 Å². The number of carbonyl (C=O) groups is 1. The van der Waals surface area contributed by atoms with Crippen LogP contribution >= 0.6 is 11.6 Å². The summed E-state index contributed by atoms with van der Waals surface area (Å²) >= 11 is 6.00. The summed E-state index contributed by atoms with van der Waals surface area (Å²) in [4.78, 5) is 13.5. The van der Waals surface area contributed by atoms with Gasteiger partial charge in [-0.05, 0) is 44.6 Å². The van der Waals surface area contributed by atoms with Crippen LogP contribution in [0.1, 0.15) is 44.7 Å². The first-order valence-corrected chi connectivity index (χ1v) is 6.89. The van der Waals surface area contributed by atoms with E-state index in [0.29, 0.717) is 24.7 Å². The molecule has 1 rings (SSSR count). The van der Waals surface area contributed by atoms with Gasteiger partial charge in [-0.1, -0.05) is 30.7 Å². The van der Waals surface area contributed by atoms with E-state index in [1.54, 1.807) is 0 Å². The van der Waals surface area contributed by atoms with Crippen molar-refractivity contribution in [1.82, 2.24) is 4.90 Å². The summed E-state index contributed by atoms with van der Waals surface area (Å²) in [6.45, 7) is 5.01. The molecule has 18 heavy (non-hydrogen) atoms. The second kappa shape index (κ2) is 7.55. The van der Waals surface area contributed by atoms with Gasteiger partial charge in [0.25, 0.3) is 0 Å². The van der Waals surface area contributed by atoms with Crippen LogP contribution in [0, 0.1) is 0 Å². The zero-order valence-electron chi connectivity index (χ0n) is 11.4. The first-order chi connectivity index (χ1) is 8.54. The highest BCUT2D eigenvalue weighted by Gasteiger charge is 2.11. The molecule has 0 aliphatic heterocycles. The number of hydrogen-bond acceptors (Lipinski definition) is 2. The van der Waals surface area contributed by atoms with Gasteiger partial charge < -0.3 is 0 Å². The fraction of sp³-hybridized carbons (Fsp3) is 0.533. The monoisotopic (exact) mass is 267 g/mol. The molecular formula is C15H22ClNO. The largest absolute Gasteiger partial charge is 0.300 e. The average Bonchev–Trinajstić information content (AvgIpc) is 2.37. The first-order valence-electron chi connectivity index (χ1n) is 6.52. The van der Waals surface area contributed by atoms with Crippen LogP contribution in [0.2, 0.25) is 5.02 Å². The SMILES string of the molecule is CCC(=O)CCCN(C)C(C)c1cccc(Cl)c1. The third kappa shape index (κ3) is 4.79. The maximum absolute atomic E-state index is 11.2. The van der Waals surface area contributed by atoms with Gasteiger partial charge in [0.15, 0.2) is 0 Å². The summed E-state index contributed by atoms with van der Waals surface area (Å²) < 4.78 is 0. The number of carbonyl (C=O) groups excluding carboxylic acids is 1. The Morgan fingerprint density at radius 3 is 2.78 bits per heavy atom. The molecule has 0 aliphatic carbocycles. The summed E-state index contributed by atoms with van der Waals surface area (Å²) in [5, 5.41) is 0.772. The van der Waals surface area contributed by atoms with E-state index in [-0.39, 0.29) is 0 Å². The van der Waals surface area contributed by atoms with Crippen molar-refractivity contribution in [3.63, 3.8) is 0 Å². The normalized spacial score (nSPS) is 12.7. The quantitative estimate of drug-likeness (QED) is 0.742. The molecule has 100 valence electrons. The molecular weight excluding hydrogens is 246 g/mol. The molecule has 3 heteroatoms. The lowest BCUT2D eigenvalue weighted by Gasteiger charge is -2.25. The maximum Gasteiger partial charge on any atom is 0.132 e. The molecule has 0 fully saturated rings. The van der Waals surface area contributed by atoms with E-state index in [1.807, 2.05) is 25.1 Å². The molecule has 1 atom stereocenters. The van der Waals surface area contributed by atoms with Crippen molar-refractivity contribution >= 4 is 17.4 Å². The van der Waals surface area contributed by atoms with Gasteiger partial charge in [-0.2, -0.15) is 0 Å². The fourth-order valence-electron chi connectivity index (χ4n) is 1.92. The lowest BCUT2D eigenvalue weighted by Crippen LogP contribution is -2.24. The molecule has 0 amide bonds. The number of rotatable bonds is 7. The second-order valence-corrected chi connectivity index (χ2v) is 5.14. The van der Waals surface area contributed by atoms with Gasteiger partial charge in [-0.25, -0.2) is 0 Å². The Bertz CT molecular complexity index is 392. The van der Waals surface area contributed by atoms with E-state index >= 15 is 0 Å². The Morgan fingerprint density at radius 2 is 2.17 bits per heavy atom. The Kier molecular flexibility index (Phi) is 6.37. The molecule has 2 nitrogen and oxygen atoms in total. The maximum atomic E-state index is 11.2. The molecule has 0 heterocycles. The van der Waals surface area contributed by atoms with Crippen molar-refractivity contribution in [3.8, 4) is 0 Å². The van der Waals surface area contributed by atoms with E-state index < -0.39 is 0 Å². The van der Waals surface area contributed by atoms with Crippen LogP contribution in [0.25, 0.3) is 0 Å². The third-order valence-corrected chi connectivity index (χ3v) is 3.59. The zero-order chi connectivity index (χ0) is 13.5. The van der Waals surface area contributed by atoms with Gasteiger partial charge in [0.1, 0.15) is 5.78 Å². The fourth-order valence-corrected chi connectivity index (χ4v) is 2.12. The zero-order valence-corrected chi connectivity index (χ0v) is 12.2. The van der Waals surface area contributed by atoms with Crippen molar-refractivity contribution in [3.05, 3.63) is 34.9 Å². The summed E-state index contributed by atoms with van der Waals surface area (Å²) in [6, 6.07) is 8.27. The van der Waals surface area contributed by atoms with E-state index in [0.717, 1.165) is 18.0 Å². The molecule has 1 aromatic carbocycles. The van der Waals surface area contributed by atoms with E-state index in [2.05, 4.69) is 24.9 Å². The van der Waals surface area contributed by atoms with Crippen LogP contribution < -0.4 is 0 Å². The van der Waals surface area contributed by atoms with Crippen LogP contribution in [0.5, 0.6) is 0 Å². The molecule has 1 aromatic rings.